The lowest BCUT2D eigenvalue weighted by atomic mass is 10.1. The molecule has 9 nitrogen and oxygen atoms in total. The smallest absolute Gasteiger partial charge is 0.324 e. The molecule has 0 unspecified atom stereocenters. The van der Waals surface area contributed by atoms with Crippen molar-refractivity contribution in [3.8, 4) is 0 Å². The van der Waals surface area contributed by atoms with E-state index in [4.69, 9.17) is 0 Å². The lowest BCUT2D eigenvalue weighted by Crippen LogP contribution is -2.31. The molecule has 0 radical (unpaired) electrons. The third kappa shape index (κ3) is 3.51. The van der Waals surface area contributed by atoms with E-state index in [2.05, 4.69) is 15.5 Å². The van der Waals surface area contributed by atoms with Crippen LogP contribution in [0.1, 0.15) is 38.3 Å². The number of hydrogen-bond donors (Lipinski definition) is 1. The first-order chi connectivity index (χ1) is 14.1. The Morgan fingerprint density at radius 3 is 2.57 bits per heavy atom. The molecule has 1 N–H and O–H groups in total. The molecule has 0 fully saturated rings. The molecule has 0 bridgehead atoms. The zero-order valence-corrected chi connectivity index (χ0v) is 17.9. The van der Waals surface area contributed by atoms with Crippen molar-refractivity contribution in [1.82, 2.24) is 19.4 Å². The lowest BCUT2D eigenvalue weighted by Gasteiger charge is -2.17. The third-order valence-electron chi connectivity index (χ3n) is 5.17. The molecule has 10 heteroatoms. The van der Waals surface area contributed by atoms with Gasteiger partial charge in [-0.25, -0.2) is 17.9 Å². The molecule has 158 valence electrons. The van der Waals surface area contributed by atoms with E-state index < -0.39 is 26.2 Å². The summed E-state index contributed by atoms with van der Waals surface area (Å²) in [6.07, 6.45) is 3.17. The Morgan fingerprint density at radius 1 is 1.10 bits per heavy atom. The van der Waals surface area contributed by atoms with Gasteiger partial charge >= 0.3 is 5.69 Å². The van der Waals surface area contributed by atoms with Crippen LogP contribution in [-0.2, 0) is 34.0 Å². The standard InChI is InChI=1S/C20H23N5O4S/c1-20(2,3)30(28,29)18-10-9-16-22-24(19(27)25(16)23-18)12-17(26)21-15-8-7-13-5-4-6-14(13)11-15/h7-11H,4-6,12H2,1-3H3,(H,21,26). The number of nitrogens with one attached hydrogen (secondary N) is 1. The van der Waals surface area contributed by atoms with Gasteiger partial charge in [0.15, 0.2) is 10.7 Å². The highest BCUT2D eigenvalue weighted by Gasteiger charge is 2.33. The molecule has 1 amide bonds. The van der Waals surface area contributed by atoms with E-state index in [1.807, 2.05) is 18.2 Å². The van der Waals surface area contributed by atoms with Crippen LogP contribution in [-0.4, -0.2) is 38.5 Å². The van der Waals surface area contributed by atoms with Crippen molar-refractivity contribution in [2.24, 2.45) is 0 Å². The van der Waals surface area contributed by atoms with Gasteiger partial charge in [0.2, 0.25) is 15.7 Å². The van der Waals surface area contributed by atoms with Gasteiger partial charge in [-0.1, -0.05) is 6.07 Å². The molecule has 2 aromatic heterocycles. The number of sulfone groups is 1. The SMILES string of the molecule is CC(C)(C)S(=O)(=O)c1ccc2nn(CC(=O)Nc3ccc4c(c3)CCC4)c(=O)n2n1. The molecule has 2 heterocycles. The summed E-state index contributed by atoms with van der Waals surface area (Å²) >= 11 is 0. The zero-order valence-electron chi connectivity index (χ0n) is 17.0. The number of aryl methyl sites for hydroxylation is 2. The minimum Gasteiger partial charge on any atom is -0.324 e. The van der Waals surface area contributed by atoms with Crippen LogP contribution in [0.4, 0.5) is 5.69 Å². The van der Waals surface area contributed by atoms with Gasteiger partial charge in [-0.2, -0.15) is 4.52 Å². The number of rotatable bonds is 4. The average molecular weight is 430 g/mol. The lowest BCUT2D eigenvalue weighted by molar-refractivity contribution is -0.117. The topological polar surface area (TPSA) is 115 Å². The van der Waals surface area contributed by atoms with Crippen molar-refractivity contribution in [2.45, 2.75) is 56.4 Å². The van der Waals surface area contributed by atoms with Gasteiger partial charge in [0.05, 0.1) is 4.75 Å². The number of benzene rings is 1. The second-order valence-electron chi connectivity index (χ2n) is 8.38. The van der Waals surface area contributed by atoms with Gasteiger partial charge in [0.1, 0.15) is 6.54 Å². The Labute approximate surface area is 173 Å². The molecule has 3 aromatic rings. The van der Waals surface area contributed by atoms with Crippen LogP contribution < -0.4 is 11.0 Å². The highest BCUT2D eigenvalue weighted by Crippen LogP contribution is 2.25. The Bertz CT molecular complexity index is 1320. The van der Waals surface area contributed by atoms with Gasteiger partial charge < -0.3 is 5.32 Å². The Kier molecular flexibility index (Phi) is 4.76. The minimum absolute atomic E-state index is 0.165. The van der Waals surface area contributed by atoms with Crippen LogP contribution in [0, 0.1) is 0 Å². The van der Waals surface area contributed by atoms with Crippen LogP contribution in [0.3, 0.4) is 0 Å². The van der Waals surface area contributed by atoms with Gasteiger partial charge in [0.25, 0.3) is 0 Å². The highest BCUT2D eigenvalue weighted by molar-refractivity contribution is 7.92. The van der Waals surface area contributed by atoms with E-state index in [9.17, 15) is 18.0 Å². The first-order valence-electron chi connectivity index (χ1n) is 9.69. The Balaban J connectivity index is 1.58. The summed E-state index contributed by atoms with van der Waals surface area (Å²) in [7, 11) is -3.73. The summed E-state index contributed by atoms with van der Waals surface area (Å²) in [5.74, 6) is -0.402. The normalized spacial score (nSPS) is 14.1. The molecule has 0 spiro atoms. The van der Waals surface area contributed by atoms with E-state index in [-0.39, 0.29) is 17.2 Å². The predicted octanol–water partition coefficient (Wildman–Crippen LogP) is 1.59. The number of aromatic nitrogens is 4. The molecule has 0 aliphatic heterocycles. The number of hydrogen-bond acceptors (Lipinski definition) is 6. The van der Waals surface area contributed by atoms with Gasteiger partial charge in [-0.3, -0.25) is 4.79 Å². The number of carbonyl (C=O) groups is 1. The van der Waals surface area contributed by atoms with E-state index in [0.29, 0.717) is 5.69 Å². The molecule has 0 saturated heterocycles. The number of carbonyl (C=O) groups excluding carboxylic acids is 1. The Morgan fingerprint density at radius 2 is 1.83 bits per heavy atom. The van der Waals surface area contributed by atoms with Crippen molar-refractivity contribution in [3.63, 3.8) is 0 Å². The summed E-state index contributed by atoms with van der Waals surface area (Å²) < 4.78 is 26.0. The maximum atomic E-state index is 12.6. The second-order valence-corrected chi connectivity index (χ2v) is 11.0. The van der Waals surface area contributed by atoms with Gasteiger partial charge in [-0.15, -0.1) is 10.2 Å². The maximum Gasteiger partial charge on any atom is 0.367 e. The van der Waals surface area contributed by atoms with Crippen molar-refractivity contribution >= 4 is 27.1 Å². The van der Waals surface area contributed by atoms with E-state index in [1.54, 1.807) is 20.8 Å². The number of nitrogens with zero attached hydrogens (tertiary/aromatic N) is 4. The van der Waals surface area contributed by atoms with Gasteiger partial charge in [-0.05, 0) is 75.4 Å². The second kappa shape index (κ2) is 7.05. The van der Waals surface area contributed by atoms with E-state index in [0.717, 1.165) is 28.5 Å². The van der Waals surface area contributed by atoms with Crippen molar-refractivity contribution in [1.29, 1.82) is 0 Å². The molecule has 30 heavy (non-hydrogen) atoms. The van der Waals surface area contributed by atoms with E-state index in [1.165, 1.54) is 23.3 Å². The maximum absolute atomic E-state index is 12.6. The largest absolute Gasteiger partial charge is 0.367 e. The molecular weight excluding hydrogens is 406 g/mol. The van der Waals surface area contributed by atoms with Crippen molar-refractivity contribution in [3.05, 3.63) is 51.9 Å². The fourth-order valence-electron chi connectivity index (χ4n) is 3.44. The van der Waals surface area contributed by atoms with Crippen LogP contribution in [0.5, 0.6) is 0 Å². The van der Waals surface area contributed by atoms with Crippen LogP contribution in [0.25, 0.3) is 5.65 Å². The highest BCUT2D eigenvalue weighted by atomic mass is 32.2. The summed E-state index contributed by atoms with van der Waals surface area (Å²) in [6.45, 7) is 4.37. The van der Waals surface area contributed by atoms with E-state index >= 15 is 0 Å². The van der Waals surface area contributed by atoms with Crippen LogP contribution >= 0.6 is 0 Å². The number of fused-ring (bicyclic) bond motifs is 2. The third-order valence-corrected chi connectivity index (χ3v) is 7.55. The molecule has 1 aliphatic rings. The minimum atomic E-state index is -3.73. The predicted molar refractivity (Wildman–Crippen MR) is 111 cm³/mol. The molecule has 4 rings (SSSR count). The fraction of sp³-hybridized carbons (Fsp3) is 0.400. The molecule has 0 saturated carbocycles. The van der Waals surface area contributed by atoms with Gasteiger partial charge in [0, 0.05) is 5.69 Å². The first kappa shape index (κ1) is 20.3. The molecule has 0 atom stereocenters. The number of amides is 1. The van der Waals surface area contributed by atoms with Crippen molar-refractivity contribution in [2.75, 3.05) is 5.32 Å². The molecule has 1 aromatic carbocycles. The summed E-state index contributed by atoms with van der Waals surface area (Å²) in [6, 6.07) is 8.53. The monoisotopic (exact) mass is 429 g/mol. The first-order valence-corrected chi connectivity index (χ1v) is 11.2. The van der Waals surface area contributed by atoms with Crippen molar-refractivity contribution < 1.29 is 13.2 Å². The van der Waals surface area contributed by atoms with Crippen LogP contribution in [0.2, 0.25) is 0 Å². The fourth-order valence-corrected chi connectivity index (χ4v) is 4.50. The van der Waals surface area contributed by atoms with Crippen LogP contribution in [0.15, 0.2) is 40.2 Å². The average Bonchev–Trinajstić information content (AvgIpc) is 3.25. The summed E-state index contributed by atoms with van der Waals surface area (Å²) in [5.41, 5.74) is 2.69. The summed E-state index contributed by atoms with van der Waals surface area (Å²) in [4.78, 5) is 25.1. The quantitative estimate of drug-likeness (QED) is 0.673. The zero-order chi connectivity index (χ0) is 21.7. The molecule has 1 aliphatic carbocycles. The molecular formula is C20H23N5O4S. The Hall–Kier alpha value is -3.01. The summed E-state index contributed by atoms with van der Waals surface area (Å²) in [5, 5.41) is 10.6. The number of anilines is 1.